The second kappa shape index (κ2) is 5.98. The van der Waals surface area contributed by atoms with Crippen LogP contribution in [0, 0.1) is 0 Å². The summed E-state index contributed by atoms with van der Waals surface area (Å²) >= 11 is 9.38. The largest absolute Gasteiger partial charge is 0.416 e. The average Bonchev–Trinajstić information content (AvgIpc) is 2.72. The molecule has 0 saturated carbocycles. The van der Waals surface area contributed by atoms with Gasteiger partial charge in [-0.15, -0.1) is 0 Å². The number of halogens is 5. The molecule has 1 N–H and O–H groups in total. The van der Waals surface area contributed by atoms with E-state index in [-0.39, 0.29) is 0 Å². The van der Waals surface area contributed by atoms with E-state index in [1.165, 1.54) is 16.9 Å². The molecule has 1 atom stereocenters. The van der Waals surface area contributed by atoms with Crippen LogP contribution in [0.15, 0.2) is 28.9 Å². The van der Waals surface area contributed by atoms with Crippen LogP contribution in [-0.2, 0) is 13.2 Å². The third-order valence-corrected chi connectivity index (χ3v) is 4.15. The number of aryl methyl sites for hydroxylation is 1. The van der Waals surface area contributed by atoms with Crippen LogP contribution in [0.4, 0.5) is 13.2 Å². The molecule has 0 fully saturated rings. The summed E-state index contributed by atoms with van der Waals surface area (Å²) in [5.41, 5.74) is 0.330. The third-order valence-electron chi connectivity index (χ3n) is 3.13. The topological polar surface area (TPSA) is 29.9 Å². The van der Waals surface area contributed by atoms with Crippen molar-refractivity contribution in [2.45, 2.75) is 12.2 Å². The predicted molar refractivity (Wildman–Crippen MR) is 78.3 cm³/mol. The highest BCUT2D eigenvalue weighted by Gasteiger charge is 2.32. The predicted octanol–water partition coefficient (Wildman–Crippen LogP) is 4.16. The van der Waals surface area contributed by atoms with E-state index in [2.05, 4.69) is 26.3 Å². The molecule has 1 heterocycles. The molecule has 0 aliphatic carbocycles. The smallest absolute Gasteiger partial charge is 0.308 e. The molecule has 3 nitrogen and oxygen atoms in total. The van der Waals surface area contributed by atoms with E-state index in [4.69, 9.17) is 11.6 Å². The number of aromatic nitrogens is 2. The first-order chi connectivity index (χ1) is 9.75. The monoisotopic (exact) mass is 381 g/mol. The highest BCUT2D eigenvalue weighted by Crippen LogP contribution is 2.36. The Labute approximate surface area is 133 Å². The van der Waals surface area contributed by atoms with Crippen molar-refractivity contribution < 1.29 is 13.2 Å². The maximum absolute atomic E-state index is 12.9. The molecule has 0 amide bonds. The molecular weight excluding hydrogens is 371 g/mol. The first-order valence-corrected chi connectivity index (χ1v) is 7.14. The lowest BCUT2D eigenvalue weighted by atomic mass is 10.0. The zero-order chi connectivity index (χ0) is 15.8. The molecule has 0 aliphatic rings. The van der Waals surface area contributed by atoms with Crippen molar-refractivity contribution in [1.82, 2.24) is 15.1 Å². The summed E-state index contributed by atoms with van der Waals surface area (Å²) < 4.78 is 40.8. The number of hydrogen-bond donors (Lipinski definition) is 1. The van der Waals surface area contributed by atoms with E-state index in [0.29, 0.717) is 20.8 Å². The van der Waals surface area contributed by atoms with Crippen LogP contribution in [0.25, 0.3) is 0 Å². The second-order valence-corrected chi connectivity index (χ2v) is 5.72. The highest BCUT2D eigenvalue weighted by atomic mass is 79.9. The van der Waals surface area contributed by atoms with Crippen LogP contribution >= 0.6 is 27.5 Å². The fourth-order valence-electron chi connectivity index (χ4n) is 2.13. The molecule has 0 bridgehead atoms. The number of rotatable bonds is 3. The quantitative estimate of drug-likeness (QED) is 0.864. The Morgan fingerprint density at radius 1 is 1.38 bits per heavy atom. The van der Waals surface area contributed by atoms with E-state index in [9.17, 15) is 13.2 Å². The minimum Gasteiger partial charge on any atom is -0.308 e. The SMILES string of the molecule is CNC(c1cc(C(F)(F)F)ccc1Br)c1c(Cl)cnn1C. The van der Waals surface area contributed by atoms with Crippen molar-refractivity contribution in [3.8, 4) is 0 Å². The van der Waals surface area contributed by atoms with Gasteiger partial charge >= 0.3 is 6.18 Å². The Kier molecular flexibility index (Phi) is 4.65. The van der Waals surface area contributed by atoms with Crippen molar-refractivity contribution in [2.75, 3.05) is 7.05 Å². The van der Waals surface area contributed by atoms with Gasteiger partial charge < -0.3 is 5.32 Å². The zero-order valence-electron chi connectivity index (χ0n) is 11.2. The summed E-state index contributed by atoms with van der Waals surface area (Å²) in [5.74, 6) is 0. The lowest BCUT2D eigenvalue weighted by molar-refractivity contribution is -0.137. The first-order valence-electron chi connectivity index (χ1n) is 5.97. The Morgan fingerprint density at radius 2 is 2.05 bits per heavy atom. The summed E-state index contributed by atoms with van der Waals surface area (Å²) in [6, 6.07) is 3.01. The average molecular weight is 383 g/mol. The maximum Gasteiger partial charge on any atom is 0.416 e. The van der Waals surface area contributed by atoms with Crippen molar-refractivity contribution in [3.63, 3.8) is 0 Å². The Balaban J connectivity index is 2.58. The van der Waals surface area contributed by atoms with Crippen LogP contribution in [0.5, 0.6) is 0 Å². The Bertz CT molecular complexity index is 635. The lowest BCUT2D eigenvalue weighted by Crippen LogP contribution is -2.22. The summed E-state index contributed by atoms with van der Waals surface area (Å²) in [6.07, 6.45) is -2.94. The van der Waals surface area contributed by atoms with Gasteiger partial charge in [0.25, 0.3) is 0 Å². The minimum absolute atomic E-state index is 0.390. The molecule has 2 rings (SSSR count). The van der Waals surface area contributed by atoms with E-state index in [1.54, 1.807) is 14.1 Å². The Hall–Kier alpha value is -1.05. The normalized spacial score (nSPS) is 13.5. The van der Waals surface area contributed by atoms with E-state index in [0.717, 1.165) is 12.1 Å². The van der Waals surface area contributed by atoms with Crippen molar-refractivity contribution in [3.05, 3.63) is 50.7 Å². The van der Waals surface area contributed by atoms with Crippen molar-refractivity contribution in [2.24, 2.45) is 7.05 Å². The van der Waals surface area contributed by atoms with E-state index in [1.807, 2.05) is 0 Å². The highest BCUT2D eigenvalue weighted by molar-refractivity contribution is 9.10. The summed E-state index contributed by atoms with van der Waals surface area (Å²) in [4.78, 5) is 0. The fourth-order valence-corrected chi connectivity index (χ4v) is 2.88. The molecule has 21 heavy (non-hydrogen) atoms. The standard InChI is InChI=1S/C13H12BrClF3N3/c1-19-11(12-10(15)6-20-21(12)2)8-5-7(13(16,17)18)3-4-9(8)14/h3-6,11,19H,1-2H3. The van der Waals surface area contributed by atoms with Crippen LogP contribution < -0.4 is 5.32 Å². The number of benzene rings is 1. The van der Waals surface area contributed by atoms with Crippen LogP contribution in [-0.4, -0.2) is 16.8 Å². The molecule has 8 heteroatoms. The molecule has 2 aromatic rings. The van der Waals surface area contributed by atoms with Gasteiger partial charge in [0.1, 0.15) is 0 Å². The van der Waals surface area contributed by atoms with Gasteiger partial charge in [0.05, 0.1) is 28.5 Å². The summed E-state index contributed by atoms with van der Waals surface area (Å²) in [7, 11) is 3.34. The van der Waals surface area contributed by atoms with Crippen molar-refractivity contribution >= 4 is 27.5 Å². The Morgan fingerprint density at radius 3 is 2.52 bits per heavy atom. The van der Waals surface area contributed by atoms with Gasteiger partial charge in [-0.3, -0.25) is 4.68 Å². The van der Waals surface area contributed by atoms with E-state index < -0.39 is 17.8 Å². The van der Waals surface area contributed by atoms with Crippen LogP contribution in [0.2, 0.25) is 5.02 Å². The molecular formula is C13H12BrClF3N3. The van der Waals surface area contributed by atoms with Gasteiger partial charge in [0, 0.05) is 11.5 Å². The van der Waals surface area contributed by atoms with Crippen LogP contribution in [0.1, 0.15) is 22.9 Å². The molecule has 0 saturated heterocycles. The van der Waals surface area contributed by atoms with Crippen molar-refractivity contribution in [1.29, 1.82) is 0 Å². The molecule has 0 radical (unpaired) electrons. The van der Waals surface area contributed by atoms with Gasteiger partial charge in [0.15, 0.2) is 0 Å². The molecule has 0 aliphatic heterocycles. The molecule has 0 spiro atoms. The van der Waals surface area contributed by atoms with Crippen LogP contribution in [0.3, 0.4) is 0 Å². The lowest BCUT2D eigenvalue weighted by Gasteiger charge is -2.20. The molecule has 1 aromatic carbocycles. The number of nitrogens with one attached hydrogen (secondary N) is 1. The first kappa shape index (κ1) is 16.3. The van der Waals surface area contributed by atoms with Gasteiger partial charge in [-0.25, -0.2) is 0 Å². The van der Waals surface area contributed by atoms with Gasteiger partial charge in [-0.05, 0) is 30.8 Å². The number of nitrogens with zero attached hydrogens (tertiary/aromatic N) is 2. The zero-order valence-corrected chi connectivity index (χ0v) is 13.5. The summed E-state index contributed by atoms with van der Waals surface area (Å²) in [6.45, 7) is 0. The third kappa shape index (κ3) is 3.25. The molecule has 114 valence electrons. The number of alkyl halides is 3. The van der Waals surface area contributed by atoms with Gasteiger partial charge in [-0.1, -0.05) is 27.5 Å². The fraction of sp³-hybridized carbons (Fsp3) is 0.308. The van der Waals surface area contributed by atoms with Gasteiger partial charge in [0.2, 0.25) is 0 Å². The minimum atomic E-state index is -4.40. The van der Waals surface area contributed by atoms with E-state index >= 15 is 0 Å². The maximum atomic E-state index is 12.9. The molecule has 1 aromatic heterocycles. The van der Waals surface area contributed by atoms with Gasteiger partial charge in [-0.2, -0.15) is 18.3 Å². The molecule has 1 unspecified atom stereocenters. The summed E-state index contributed by atoms with van der Waals surface area (Å²) in [5, 5.41) is 7.39. The number of hydrogen-bond acceptors (Lipinski definition) is 2. The second-order valence-electron chi connectivity index (χ2n) is 4.46.